The number of ether oxygens (including phenoxy) is 1. The first-order chi connectivity index (χ1) is 22.1. The number of hydrogen-bond acceptors (Lipinski definition) is 11. The topological polar surface area (TPSA) is 170 Å². The number of hydrogen-bond donors (Lipinski definition) is 8. The monoisotopic (exact) mass is 671 g/mol. The zero-order chi connectivity index (χ0) is 32.8. The van der Waals surface area contributed by atoms with Gasteiger partial charge in [0.25, 0.3) is 0 Å². The lowest BCUT2D eigenvalue weighted by Crippen LogP contribution is -2.63. The van der Waals surface area contributed by atoms with Crippen LogP contribution in [0.5, 0.6) is 5.75 Å². The number of nitrogens with zero attached hydrogens (tertiary/aromatic N) is 2. The fraction of sp³-hybridized carbons (Fsp3) is 0.781. The Bertz CT molecular complexity index is 1110. The van der Waals surface area contributed by atoms with E-state index in [1.54, 1.807) is 17.0 Å². The highest BCUT2D eigenvalue weighted by Gasteiger charge is 2.38. The predicted octanol–water partition coefficient (Wildman–Crippen LogP) is -0.947. The van der Waals surface area contributed by atoms with E-state index in [4.69, 9.17) is 21.4 Å². The molecule has 3 heterocycles. The minimum atomic E-state index is -1.67. The van der Waals surface area contributed by atoms with Crippen LogP contribution in [0.3, 0.4) is 0 Å². The molecule has 46 heavy (non-hydrogen) atoms. The van der Waals surface area contributed by atoms with Crippen molar-refractivity contribution in [2.45, 2.75) is 68.2 Å². The van der Waals surface area contributed by atoms with Gasteiger partial charge in [0.05, 0.1) is 31.1 Å². The Morgan fingerprint density at radius 2 is 1.70 bits per heavy atom. The lowest BCUT2D eigenvalue weighted by molar-refractivity contribution is -0.136. The Hall–Kier alpha value is -1.65. The van der Waals surface area contributed by atoms with Crippen molar-refractivity contribution in [3.05, 3.63) is 29.6 Å². The Morgan fingerprint density at radius 3 is 2.35 bits per heavy atom. The zero-order valence-electron chi connectivity index (χ0n) is 26.3. The summed E-state index contributed by atoms with van der Waals surface area (Å²) >= 11 is 6.17. The molecule has 1 unspecified atom stereocenters. The van der Waals surface area contributed by atoms with Crippen molar-refractivity contribution < 1.29 is 39.5 Å². The van der Waals surface area contributed by atoms with Gasteiger partial charge < -0.3 is 40.5 Å². The lowest BCUT2D eigenvalue weighted by Gasteiger charge is -2.46. The van der Waals surface area contributed by atoms with E-state index in [-0.39, 0.29) is 36.5 Å². The van der Waals surface area contributed by atoms with Crippen LogP contribution in [0.15, 0.2) is 18.2 Å². The second kappa shape index (κ2) is 16.6. The van der Waals surface area contributed by atoms with E-state index in [1.165, 1.54) is 18.9 Å². The van der Waals surface area contributed by atoms with E-state index in [0.717, 1.165) is 50.9 Å². The van der Waals surface area contributed by atoms with E-state index >= 15 is 0 Å². The zero-order valence-corrected chi connectivity index (χ0v) is 27.1. The molecule has 4 atom stereocenters. The number of aliphatic hydroxyl groups is 5. The van der Waals surface area contributed by atoms with E-state index in [0.29, 0.717) is 43.5 Å². The number of carbonyl (C=O) groups excluding carboxylic acids is 1. The van der Waals surface area contributed by atoms with Gasteiger partial charge in [0, 0.05) is 64.3 Å². The van der Waals surface area contributed by atoms with Crippen molar-refractivity contribution in [2.75, 3.05) is 65.6 Å². The fourth-order valence-electron chi connectivity index (χ4n) is 7.11. The Kier molecular flexibility index (Phi) is 12.9. The molecule has 14 heteroatoms. The second-order valence-electron chi connectivity index (χ2n) is 13.6. The maximum atomic E-state index is 14.8. The minimum absolute atomic E-state index is 0.0337. The molecule has 1 amide bonds. The molecule has 3 saturated heterocycles. The minimum Gasteiger partial charge on any atom is -0.493 e. The van der Waals surface area contributed by atoms with Crippen LogP contribution in [-0.4, -0.2) is 143 Å². The molecule has 4 fully saturated rings. The molecule has 12 nitrogen and oxygen atoms in total. The summed E-state index contributed by atoms with van der Waals surface area (Å²) in [5.74, 6) is 1.99. The average Bonchev–Trinajstić information content (AvgIpc) is 3.01. The summed E-state index contributed by atoms with van der Waals surface area (Å²) in [6, 6.07) is 4.72. The van der Waals surface area contributed by atoms with E-state index in [9.17, 15) is 29.6 Å². The highest BCUT2D eigenvalue weighted by molar-refractivity contribution is 6.21. The third kappa shape index (κ3) is 9.28. The van der Waals surface area contributed by atoms with Crippen molar-refractivity contribution in [3.63, 3.8) is 0 Å². The number of piperidine rings is 1. The van der Waals surface area contributed by atoms with Gasteiger partial charge in [-0.05, 0) is 55.1 Å². The number of aliphatic hydroxyl groups excluding tert-OH is 5. The summed E-state index contributed by atoms with van der Waals surface area (Å²) in [6.07, 6.45) is -1.25. The smallest absolute Gasteiger partial charge is 0.227 e. The average molecular weight is 672 g/mol. The highest BCUT2D eigenvalue weighted by atomic mass is 35.5. The summed E-state index contributed by atoms with van der Waals surface area (Å²) in [6.45, 7) is 5.12. The van der Waals surface area contributed by atoms with Gasteiger partial charge in [0.1, 0.15) is 36.2 Å². The molecule has 0 bridgehead atoms. The van der Waals surface area contributed by atoms with Crippen molar-refractivity contribution in [2.24, 2.45) is 23.7 Å². The molecular weight excluding hydrogens is 621 g/mol. The van der Waals surface area contributed by atoms with Crippen LogP contribution in [0.2, 0.25) is 0 Å². The van der Waals surface area contributed by atoms with Crippen molar-refractivity contribution in [3.8, 4) is 5.75 Å². The molecule has 4 aliphatic rings. The first-order valence-corrected chi connectivity index (χ1v) is 17.1. The summed E-state index contributed by atoms with van der Waals surface area (Å²) in [5, 5.41) is 57.9. The van der Waals surface area contributed by atoms with E-state index in [1.807, 2.05) is 0 Å². The van der Waals surface area contributed by atoms with Gasteiger partial charge in [-0.1, -0.05) is 6.07 Å². The summed E-state index contributed by atoms with van der Waals surface area (Å²) in [7, 11) is 0. The van der Waals surface area contributed by atoms with Gasteiger partial charge in [-0.3, -0.25) is 20.3 Å². The van der Waals surface area contributed by atoms with E-state index in [2.05, 4.69) is 20.9 Å². The Labute approximate surface area is 275 Å². The quantitative estimate of drug-likeness (QED) is 0.108. The molecule has 8 N–H and O–H groups in total. The van der Waals surface area contributed by atoms with Gasteiger partial charge in [-0.15, -0.1) is 11.6 Å². The molecule has 1 aliphatic carbocycles. The van der Waals surface area contributed by atoms with Gasteiger partial charge in [0.2, 0.25) is 5.91 Å². The number of nitrogens with one attached hydrogen (secondary N) is 3. The van der Waals surface area contributed by atoms with Crippen molar-refractivity contribution in [1.82, 2.24) is 25.8 Å². The number of amides is 1. The summed E-state index contributed by atoms with van der Waals surface area (Å²) < 4.78 is 20.8. The SMILES string of the molecule is O=C(Cc1ccc(OCC2CC(C3CCN(C4NCC(Cl)CN4)CC3)C2)cc1F)N1CC(CNC[C@H](O)[C@@H](O)[C@H](O)C(O)CO)C1. The first-order valence-electron chi connectivity index (χ1n) is 16.7. The van der Waals surface area contributed by atoms with Gasteiger partial charge >= 0.3 is 0 Å². The number of likely N-dealkylation sites (tertiary alicyclic amines) is 2. The standard InChI is InChI=1S/C32H51ClFN5O7/c33-24-12-36-32(37-13-24)38-5-3-21(4-6-38)23-7-19(8-23)18-46-25-2-1-22(26(34)10-25)9-29(43)39-15-20(16-39)11-35-14-27(41)30(44)31(45)28(42)17-40/h1-2,10,19-21,23-24,27-28,30-32,35-37,40-42,44-45H,3-9,11-18H2/t19?,23?,24?,27-,28?,30+,31+,32?/m0/s1. The van der Waals surface area contributed by atoms with Crippen LogP contribution >= 0.6 is 11.6 Å². The highest BCUT2D eigenvalue weighted by Crippen LogP contribution is 2.43. The molecule has 1 aromatic rings. The largest absolute Gasteiger partial charge is 0.493 e. The molecule has 5 rings (SSSR count). The van der Waals surface area contributed by atoms with Crippen LogP contribution in [0.4, 0.5) is 4.39 Å². The van der Waals surface area contributed by atoms with Crippen LogP contribution in [0.25, 0.3) is 0 Å². The molecule has 1 aromatic carbocycles. The number of rotatable bonds is 15. The molecule has 260 valence electrons. The van der Waals surface area contributed by atoms with Crippen LogP contribution in [0, 0.1) is 29.5 Å². The molecule has 0 radical (unpaired) electrons. The Morgan fingerprint density at radius 1 is 1.02 bits per heavy atom. The molecule has 1 saturated carbocycles. The number of carbonyl (C=O) groups is 1. The van der Waals surface area contributed by atoms with Gasteiger partial charge in [0.15, 0.2) is 0 Å². The molecular formula is C32H51ClFN5O7. The van der Waals surface area contributed by atoms with Gasteiger partial charge in [-0.25, -0.2) is 4.39 Å². The maximum Gasteiger partial charge on any atom is 0.227 e. The normalized spacial score (nSPS) is 29.0. The number of benzene rings is 1. The fourth-order valence-corrected chi connectivity index (χ4v) is 7.29. The molecule has 0 aromatic heterocycles. The number of halogens is 2. The third-order valence-corrected chi connectivity index (χ3v) is 10.5. The van der Waals surface area contributed by atoms with Crippen molar-refractivity contribution >= 4 is 17.5 Å². The first kappa shape index (κ1) is 35.7. The predicted molar refractivity (Wildman–Crippen MR) is 170 cm³/mol. The summed E-state index contributed by atoms with van der Waals surface area (Å²) in [4.78, 5) is 16.8. The van der Waals surface area contributed by atoms with Crippen LogP contribution < -0.4 is 20.7 Å². The summed E-state index contributed by atoms with van der Waals surface area (Å²) in [5.41, 5.74) is 0.329. The van der Waals surface area contributed by atoms with E-state index < -0.39 is 36.8 Å². The van der Waals surface area contributed by atoms with Crippen LogP contribution in [0.1, 0.15) is 31.2 Å². The van der Waals surface area contributed by atoms with Crippen LogP contribution in [-0.2, 0) is 11.2 Å². The lowest BCUT2D eigenvalue weighted by atomic mass is 9.66. The molecule has 0 spiro atoms. The Balaban J connectivity index is 0.934. The van der Waals surface area contributed by atoms with Crippen molar-refractivity contribution in [1.29, 1.82) is 0 Å². The molecule has 3 aliphatic heterocycles. The third-order valence-electron chi connectivity index (χ3n) is 10.2. The maximum absolute atomic E-state index is 14.8. The van der Waals surface area contributed by atoms with Gasteiger partial charge in [-0.2, -0.15) is 0 Å². The second-order valence-corrected chi connectivity index (χ2v) is 14.3. The number of alkyl halides is 1.